The third-order valence-corrected chi connectivity index (χ3v) is 3.84. The standard InChI is InChI=1S/C16H27NO4/c1-3-5-6-9-16(10-7-8-11-16)21-15(19)17-12-13-20-14(18)4-2/h4H,2-3,5-13H2,1H3,(H,17,19). The maximum Gasteiger partial charge on any atom is 0.407 e. The van der Waals surface area contributed by atoms with Crippen molar-refractivity contribution in [2.45, 2.75) is 63.9 Å². The van der Waals surface area contributed by atoms with Crippen LogP contribution in [0.1, 0.15) is 58.3 Å². The lowest BCUT2D eigenvalue weighted by molar-refractivity contribution is -0.137. The lowest BCUT2D eigenvalue weighted by atomic mass is 9.94. The molecular weight excluding hydrogens is 270 g/mol. The fourth-order valence-electron chi connectivity index (χ4n) is 2.72. The number of unbranched alkanes of at least 4 members (excludes halogenated alkanes) is 2. The lowest BCUT2D eigenvalue weighted by Gasteiger charge is -2.29. The van der Waals surface area contributed by atoms with Crippen molar-refractivity contribution in [1.82, 2.24) is 5.32 Å². The molecule has 0 radical (unpaired) electrons. The second kappa shape index (κ2) is 9.42. The van der Waals surface area contributed by atoms with Gasteiger partial charge in [-0.15, -0.1) is 0 Å². The summed E-state index contributed by atoms with van der Waals surface area (Å²) in [5.74, 6) is -0.489. The molecule has 5 nitrogen and oxygen atoms in total. The lowest BCUT2D eigenvalue weighted by Crippen LogP contribution is -2.38. The van der Waals surface area contributed by atoms with Crippen LogP contribution in [0.5, 0.6) is 0 Å². The van der Waals surface area contributed by atoms with Gasteiger partial charge in [0.05, 0.1) is 6.54 Å². The summed E-state index contributed by atoms with van der Waals surface area (Å²) in [5.41, 5.74) is -0.281. The van der Waals surface area contributed by atoms with Crippen LogP contribution in [-0.2, 0) is 14.3 Å². The van der Waals surface area contributed by atoms with Crippen LogP contribution in [0.4, 0.5) is 4.79 Å². The number of alkyl carbamates (subject to hydrolysis) is 1. The molecule has 0 spiro atoms. The Kier molecular flexibility index (Phi) is 7.87. The van der Waals surface area contributed by atoms with Gasteiger partial charge in [0.1, 0.15) is 12.2 Å². The Morgan fingerprint density at radius 1 is 1.29 bits per heavy atom. The van der Waals surface area contributed by atoms with E-state index in [9.17, 15) is 9.59 Å². The van der Waals surface area contributed by atoms with E-state index in [1.54, 1.807) is 0 Å². The predicted octanol–water partition coefficient (Wildman–Crippen LogP) is 3.33. The molecule has 1 aliphatic rings. The number of rotatable bonds is 9. The zero-order valence-electron chi connectivity index (χ0n) is 13.0. The molecule has 0 aromatic rings. The van der Waals surface area contributed by atoms with Gasteiger partial charge in [-0.25, -0.2) is 9.59 Å². The van der Waals surface area contributed by atoms with Crippen LogP contribution in [-0.4, -0.2) is 30.8 Å². The highest BCUT2D eigenvalue weighted by molar-refractivity contribution is 5.81. The second-order valence-electron chi connectivity index (χ2n) is 5.54. The van der Waals surface area contributed by atoms with E-state index in [2.05, 4.69) is 18.8 Å². The zero-order chi connectivity index (χ0) is 15.6. The SMILES string of the molecule is C=CC(=O)OCCNC(=O)OC1(CCCCC)CCCC1. The molecule has 0 unspecified atom stereocenters. The summed E-state index contributed by atoms with van der Waals surface area (Å²) in [7, 11) is 0. The summed E-state index contributed by atoms with van der Waals surface area (Å²) in [4.78, 5) is 22.7. The molecule has 0 aromatic heterocycles. The third kappa shape index (κ3) is 6.65. The smallest absolute Gasteiger partial charge is 0.407 e. The van der Waals surface area contributed by atoms with Gasteiger partial charge >= 0.3 is 12.1 Å². The van der Waals surface area contributed by atoms with Crippen LogP contribution in [0.2, 0.25) is 0 Å². The van der Waals surface area contributed by atoms with Crippen molar-refractivity contribution >= 4 is 12.1 Å². The molecule has 1 N–H and O–H groups in total. The molecule has 0 aliphatic heterocycles. The summed E-state index contributed by atoms with van der Waals surface area (Å²) < 4.78 is 10.5. The minimum Gasteiger partial charge on any atom is -0.461 e. The van der Waals surface area contributed by atoms with Crippen molar-refractivity contribution < 1.29 is 19.1 Å². The average Bonchev–Trinajstić information content (AvgIpc) is 2.92. The monoisotopic (exact) mass is 297 g/mol. The molecule has 1 amide bonds. The van der Waals surface area contributed by atoms with Gasteiger partial charge < -0.3 is 14.8 Å². The van der Waals surface area contributed by atoms with Crippen molar-refractivity contribution in [3.8, 4) is 0 Å². The first-order valence-corrected chi connectivity index (χ1v) is 7.88. The van der Waals surface area contributed by atoms with Gasteiger partial charge in [0, 0.05) is 6.08 Å². The largest absolute Gasteiger partial charge is 0.461 e. The fourth-order valence-corrected chi connectivity index (χ4v) is 2.72. The Balaban J connectivity index is 2.28. The van der Waals surface area contributed by atoms with Gasteiger partial charge in [-0.2, -0.15) is 0 Å². The minimum atomic E-state index is -0.489. The summed E-state index contributed by atoms with van der Waals surface area (Å²) >= 11 is 0. The molecule has 5 heteroatoms. The van der Waals surface area contributed by atoms with Crippen LogP contribution in [0.25, 0.3) is 0 Å². The van der Waals surface area contributed by atoms with Gasteiger partial charge in [0.15, 0.2) is 0 Å². The summed E-state index contributed by atoms with van der Waals surface area (Å²) in [6, 6.07) is 0. The molecule has 1 saturated carbocycles. The van der Waals surface area contributed by atoms with Gasteiger partial charge in [-0.05, 0) is 38.5 Å². The van der Waals surface area contributed by atoms with Crippen LogP contribution < -0.4 is 5.32 Å². The number of esters is 1. The van der Waals surface area contributed by atoms with Crippen molar-refractivity contribution in [1.29, 1.82) is 0 Å². The molecule has 1 rings (SSSR count). The molecule has 0 heterocycles. The Labute approximate surface area is 127 Å². The first kappa shape index (κ1) is 17.5. The van der Waals surface area contributed by atoms with E-state index in [4.69, 9.17) is 9.47 Å². The molecule has 0 aromatic carbocycles. The quantitative estimate of drug-likeness (QED) is 0.403. The average molecular weight is 297 g/mol. The topological polar surface area (TPSA) is 64.6 Å². The van der Waals surface area contributed by atoms with Gasteiger partial charge in [-0.3, -0.25) is 0 Å². The third-order valence-electron chi connectivity index (χ3n) is 3.84. The van der Waals surface area contributed by atoms with E-state index in [1.165, 1.54) is 6.42 Å². The molecule has 21 heavy (non-hydrogen) atoms. The Morgan fingerprint density at radius 2 is 2.00 bits per heavy atom. The van der Waals surface area contributed by atoms with Gasteiger partial charge in [0.25, 0.3) is 0 Å². The van der Waals surface area contributed by atoms with Crippen LogP contribution in [0.15, 0.2) is 12.7 Å². The molecule has 1 aliphatic carbocycles. The Bertz CT molecular complexity index is 348. The van der Waals surface area contributed by atoms with Crippen LogP contribution in [0.3, 0.4) is 0 Å². The van der Waals surface area contributed by atoms with Crippen molar-refractivity contribution in [3.05, 3.63) is 12.7 Å². The number of nitrogens with one attached hydrogen (secondary N) is 1. The molecular formula is C16H27NO4. The summed E-state index contributed by atoms with van der Waals surface area (Å²) in [6.07, 6.45) is 9.21. The number of hydrogen-bond donors (Lipinski definition) is 1. The highest BCUT2D eigenvalue weighted by atomic mass is 16.6. The highest BCUT2D eigenvalue weighted by Crippen LogP contribution is 2.37. The number of ether oxygens (including phenoxy) is 2. The van der Waals surface area contributed by atoms with Crippen molar-refractivity contribution in [2.24, 2.45) is 0 Å². The van der Waals surface area contributed by atoms with Gasteiger partial charge in [-0.1, -0.05) is 26.3 Å². The molecule has 1 fully saturated rings. The minimum absolute atomic E-state index is 0.128. The molecule has 120 valence electrons. The second-order valence-corrected chi connectivity index (χ2v) is 5.54. The number of carbonyl (C=O) groups is 2. The van der Waals surface area contributed by atoms with E-state index < -0.39 is 12.1 Å². The molecule has 0 bridgehead atoms. The normalized spacial score (nSPS) is 16.2. The summed E-state index contributed by atoms with van der Waals surface area (Å²) in [5, 5.41) is 2.63. The van der Waals surface area contributed by atoms with Crippen LogP contribution in [0, 0.1) is 0 Å². The maximum absolute atomic E-state index is 11.9. The predicted molar refractivity (Wildman–Crippen MR) is 81.0 cm³/mol. The van der Waals surface area contributed by atoms with Crippen LogP contribution >= 0.6 is 0 Å². The van der Waals surface area contributed by atoms with E-state index in [-0.39, 0.29) is 18.8 Å². The Morgan fingerprint density at radius 3 is 2.62 bits per heavy atom. The maximum atomic E-state index is 11.9. The number of hydrogen-bond acceptors (Lipinski definition) is 4. The Hall–Kier alpha value is -1.52. The summed E-state index contributed by atoms with van der Waals surface area (Å²) in [6.45, 7) is 5.85. The fraction of sp³-hybridized carbons (Fsp3) is 0.750. The van der Waals surface area contributed by atoms with Gasteiger partial charge in [0.2, 0.25) is 0 Å². The first-order chi connectivity index (χ1) is 10.1. The number of amides is 1. The van der Waals surface area contributed by atoms with E-state index in [0.717, 1.165) is 51.0 Å². The van der Waals surface area contributed by atoms with E-state index in [1.807, 2.05) is 0 Å². The zero-order valence-corrected chi connectivity index (χ0v) is 13.0. The highest BCUT2D eigenvalue weighted by Gasteiger charge is 2.36. The number of carbonyl (C=O) groups excluding carboxylic acids is 2. The van der Waals surface area contributed by atoms with Crippen molar-refractivity contribution in [3.63, 3.8) is 0 Å². The van der Waals surface area contributed by atoms with E-state index >= 15 is 0 Å². The molecule has 0 atom stereocenters. The van der Waals surface area contributed by atoms with E-state index in [0.29, 0.717) is 0 Å². The first-order valence-electron chi connectivity index (χ1n) is 7.88. The van der Waals surface area contributed by atoms with Crippen molar-refractivity contribution in [2.75, 3.05) is 13.2 Å². The molecule has 0 saturated heterocycles.